The van der Waals surface area contributed by atoms with Crippen LogP contribution in [0.3, 0.4) is 0 Å². The van der Waals surface area contributed by atoms with E-state index in [4.69, 9.17) is 17.2 Å². The van der Waals surface area contributed by atoms with E-state index in [0.717, 1.165) is 44.1 Å². The standard InChI is InChI=1S/C29H39N5S/c1-20(2)28(35)34-15-13-33(14-16-34)24-10-5-8-22-19-31-29(17-23(22)24)18-26(29)32(3)25-11-4-7-21-9-6-12-30-27(21)25/h5-6,8-10,12,20,25-26,31H,4,7,11,13-19H2,1-3H3/t25-,26?,29?/m0/s1. The Balaban J connectivity index is 1.18. The molecular formula is C29H39N5S. The minimum atomic E-state index is 0.200. The molecule has 1 aromatic heterocycles. The summed E-state index contributed by atoms with van der Waals surface area (Å²) < 4.78 is 0. The molecule has 1 aromatic carbocycles. The molecule has 5 nitrogen and oxygen atoms in total. The highest BCUT2D eigenvalue weighted by Crippen LogP contribution is 2.50. The molecule has 0 radical (unpaired) electrons. The van der Waals surface area contributed by atoms with Crippen molar-refractivity contribution >= 4 is 22.9 Å². The number of anilines is 1. The van der Waals surface area contributed by atoms with E-state index in [1.54, 1.807) is 5.56 Å². The van der Waals surface area contributed by atoms with Gasteiger partial charge in [0.05, 0.1) is 16.7 Å². The second-order valence-corrected chi connectivity index (χ2v) is 11.8. The monoisotopic (exact) mass is 489 g/mol. The maximum atomic E-state index is 5.69. The van der Waals surface area contributed by atoms with Crippen molar-refractivity contribution in [3.05, 3.63) is 58.9 Å². The fraction of sp³-hybridized carbons (Fsp3) is 0.586. The van der Waals surface area contributed by atoms with Crippen LogP contribution in [0.4, 0.5) is 5.69 Å². The van der Waals surface area contributed by atoms with Gasteiger partial charge in [-0.1, -0.05) is 44.3 Å². The first kappa shape index (κ1) is 23.4. The lowest BCUT2D eigenvalue weighted by Crippen LogP contribution is -2.50. The predicted octanol–water partition coefficient (Wildman–Crippen LogP) is 4.35. The summed E-state index contributed by atoms with van der Waals surface area (Å²) in [5.41, 5.74) is 7.47. The Morgan fingerprint density at radius 3 is 2.74 bits per heavy atom. The van der Waals surface area contributed by atoms with Gasteiger partial charge in [0.2, 0.25) is 0 Å². The van der Waals surface area contributed by atoms with Crippen molar-refractivity contribution in [2.45, 2.75) is 70.1 Å². The minimum absolute atomic E-state index is 0.200. The predicted molar refractivity (Wildman–Crippen MR) is 147 cm³/mol. The molecule has 1 saturated heterocycles. The van der Waals surface area contributed by atoms with E-state index in [1.807, 2.05) is 6.20 Å². The van der Waals surface area contributed by atoms with Crippen LogP contribution < -0.4 is 10.2 Å². The molecule has 1 saturated carbocycles. The zero-order chi connectivity index (χ0) is 24.2. The molecule has 0 amide bonds. The van der Waals surface area contributed by atoms with Gasteiger partial charge in [-0.05, 0) is 68.0 Å². The van der Waals surface area contributed by atoms with E-state index >= 15 is 0 Å². The molecule has 2 aliphatic carbocycles. The maximum absolute atomic E-state index is 5.69. The third-order valence-corrected chi connectivity index (χ3v) is 9.71. The van der Waals surface area contributed by atoms with Crippen LogP contribution in [-0.2, 0) is 19.4 Å². The quantitative estimate of drug-likeness (QED) is 0.643. The topological polar surface area (TPSA) is 34.6 Å². The molecule has 3 heterocycles. The molecule has 186 valence electrons. The SMILES string of the molecule is CC(C)C(=S)N1CCN(c2cccc3c2CC2(CC2N(C)[C@H]2CCCc4cccnc42)NC3)CC1. The number of fused-ring (bicyclic) bond motifs is 2. The molecule has 0 bridgehead atoms. The summed E-state index contributed by atoms with van der Waals surface area (Å²) in [6, 6.07) is 12.3. The zero-order valence-corrected chi connectivity index (χ0v) is 22.3. The summed E-state index contributed by atoms with van der Waals surface area (Å²) in [7, 11) is 2.34. The highest BCUT2D eigenvalue weighted by atomic mass is 32.1. The lowest BCUT2D eigenvalue weighted by molar-refractivity contribution is 0.183. The average molecular weight is 490 g/mol. The summed E-state index contributed by atoms with van der Waals surface area (Å²) >= 11 is 5.69. The van der Waals surface area contributed by atoms with Crippen molar-refractivity contribution in [3.8, 4) is 0 Å². The fourth-order valence-corrected chi connectivity index (χ4v) is 7.05. The van der Waals surface area contributed by atoms with E-state index in [2.05, 4.69) is 71.2 Å². The van der Waals surface area contributed by atoms with Crippen molar-refractivity contribution in [1.29, 1.82) is 0 Å². The van der Waals surface area contributed by atoms with Gasteiger partial charge in [-0.25, -0.2) is 0 Å². The fourth-order valence-electron chi connectivity index (χ4n) is 6.87. The van der Waals surface area contributed by atoms with Crippen LogP contribution in [0.1, 0.15) is 61.5 Å². The third-order valence-electron chi connectivity index (χ3n) is 8.98. The molecule has 2 aromatic rings. The molecule has 2 unspecified atom stereocenters. The minimum Gasteiger partial charge on any atom is -0.368 e. The van der Waals surface area contributed by atoms with Gasteiger partial charge >= 0.3 is 0 Å². The summed E-state index contributed by atoms with van der Waals surface area (Å²) in [5.74, 6) is 0.446. The van der Waals surface area contributed by atoms with Crippen LogP contribution >= 0.6 is 12.2 Å². The average Bonchev–Trinajstić information content (AvgIpc) is 3.59. The smallest absolute Gasteiger partial charge is 0.0806 e. The van der Waals surface area contributed by atoms with Crippen molar-refractivity contribution in [1.82, 2.24) is 20.1 Å². The molecule has 1 spiro atoms. The highest BCUT2D eigenvalue weighted by molar-refractivity contribution is 7.80. The summed E-state index contributed by atoms with van der Waals surface area (Å²) in [6.07, 6.45) is 7.99. The van der Waals surface area contributed by atoms with E-state index in [-0.39, 0.29) is 5.54 Å². The van der Waals surface area contributed by atoms with Crippen LogP contribution in [0.5, 0.6) is 0 Å². The number of likely N-dealkylation sites (N-methyl/N-ethyl adjacent to an activating group) is 1. The first-order chi connectivity index (χ1) is 17.0. The third kappa shape index (κ3) is 4.17. The highest BCUT2D eigenvalue weighted by Gasteiger charge is 2.58. The Hall–Kier alpha value is -2.02. The van der Waals surface area contributed by atoms with Gasteiger partial charge in [0, 0.05) is 62.1 Å². The van der Waals surface area contributed by atoms with Gasteiger partial charge in [-0.2, -0.15) is 0 Å². The van der Waals surface area contributed by atoms with E-state index in [0.29, 0.717) is 18.0 Å². The summed E-state index contributed by atoms with van der Waals surface area (Å²) in [5, 5.41) is 3.98. The number of hydrogen-bond donors (Lipinski definition) is 1. The second-order valence-electron chi connectivity index (χ2n) is 11.4. The lowest BCUT2D eigenvalue weighted by atomic mass is 9.89. The van der Waals surface area contributed by atoms with Crippen molar-refractivity contribution in [3.63, 3.8) is 0 Å². The van der Waals surface area contributed by atoms with Crippen molar-refractivity contribution in [2.75, 3.05) is 38.1 Å². The molecule has 35 heavy (non-hydrogen) atoms. The Labute approximate surface area is 215 Å². The van der Waals surface area contributed by atoms with Gasteiger partial charge in [-0.15, -0.1) is 0 Å². The van der Waals surface area contributed by atoms with Crippen LogP contribution in [0, 0.1) is 5.92 Å². The van der Waals surface area contributed by atoms with Gasteiger partial charge in [0.15, 0.2) is 0 Å². The zero-order valence-electron chi connectivity index (χ0n) is 21.5. The Morgan fingerprint density at radius 2 is 1.94 bits per heavy atom. The Kier molecular flexibility index (Phi) is 6.10. The van der Waals surface area contributed by atoms with Gasteiger partial charge in [-0.3, -0.25) is 9.88 Å². The Bertz CT molecular complexity index is 1110. The number of benzene rings is 1. The largest absolute Gasteiger partial charge is 0.368 e. The molecule has 2 aliphatic heterocycles. The van der Waals surface area contributed by atoms with E-state index in [1.165, 1.54) is 48.2 Å². The normalized spacial score (nSPS) is 27.8. The van der Waals surface area contributed by atoms with Crippen LogP contribution in [0.15, 0.2) is 36.5 Å². The summed E-state index contributed by atoms with van der Waals surface area (Å²) in [6.45, 7) is 9.56. The number of rotatable bonds is 4. The van der Waals surface area contributed by atoms with Crippen LogP contribution in [0.25, 0.3) is 0 Å². The van der Waals surface area contributed by atoms with E-state index in [9.17, 15) is 0 Å². The number of aromatic nitrogens is 1. The lowest BCUT2D eigenvalue weighted by Gasteiger charge is -2.41. The molecule has 6 heteroatoms. The Morgan fingerprint density at radius 1 is 1.14 bits per heavy atom. The summed E-state index contributed by atoms with van der Waals surface area (Å²) in [4.78, 5) is 13.6. The molecular weight excluding hydrogens is 450 g/mol. The van der Waals surface area contributed by atoms with Crippen LogP contribution in [0.2, 0.25) is 0 Å². The number of piperazine rings is 1. The first-order valence-corrected chi connectivity index (χ1v) is 13.9. The number of aryl methyl sites for hydroxylation is 1. The molecule has 2 fully saturated rings. The van der Waals surface area contributed by atoms with Crippen LogP contribution in [-0.4, -0.2) is 64.6 Å². The molecule has 3 atom stereocenters. The van der Waals surface area contributed by atoms with Crippen molar-refractivity contribution < 1.29 is 0 Å². The molecule has 4 aliphatic rings. The van der Waals surface area contributed by atoms with E-state index < -0.39 is 0 Å². The van der Waals surface area contributed by atoms with Gasteiger partial charge < -0.3 is 15.1 Å². The maximum Gasteiger partial charge on any atom is 0.0806 e. The number of pyridine rings is 1. The second kappa shape index (κ2) is 9.13. The molecule has 1 N–H and O–H groups in total. The number of nitrogens with one attached hydrogen (secondary N) is 1. The number of nitrogens with zero attached hydrogens (tertiary/aromatic N) is 4. The number of hydrogen-bond acceptors (Lipinski definition) is 5. The first-order valence-electron chi connectivity index (χ1n) is 13.5. The van der Waals surface area contributed by atoms with Crippen molar-refractivity contribution in [2.24, 2.45) is 5.92 Å². The molecule has 6 rings (SSSR count). The van der Waals surface area contributed by atoms with Gasteiger partial charge in [0.25, 0.3) is 0 Å². The number of thiocarbonyl (C=S) groups is 1. The van der Waals surface area contributed by atoms with Gasteiger partial charge in [0.1, 0.15) is 0 Å².